The molecule has 20 heteroatoms. The van der Waals surface area contributed by atoms with Crippen LogP contribution in [0.15, 0.2) is 65.1 Å². The Kier molecular flexibility index (Phi) is 11.3. The van der Waals surface area contributed by atoms with E-state index in [1.807, 2.05) is 0 Å². The molecule has 1 heterocycles. The molecule has 0 unspecified atom stereocenters. The number of carbonyl (C=O) groups is 2. The Labute approximate surface area is 308 Å². The fourth-order valence-corrected chi connectivity index (χ4v) is 6.88. The third-order valence-corrected chi connectivity index (χ3v) is 9.40. The first kappa shape index (κ1) is 40.1. The van der Waals surface area contributed by atoms with Gasteiger partial charge in [0, 0.05) is 41.7 Å². The minimum atomic E-state index is -4.07. The van der Waals surface area contributed by atoms with Crippen molar-refractivity contribution < 1.29 is 31.2 Å². The normalized spacial score (nSPS) is 12.8. The third kappa shape index (κ3) is 7.76. The molecule has 3 aromatic carbocycles. The van der Waals surface area contributed by atoms with Crippen LogP contribution in [0.5, 0.6) is 0 Å². The van der Waals surface area contributed by atoms with Crippen molar-refractivity contribution >= 4 is 109 Å². The molecule has 18 radical (unpaired) electrons. The van der Waals surface area contributed by atoms with Crippen molar-refractivity contribution in [1.82, 2.24) is 10.6 Å². The monoisotopic (exact) mass is 687 g/mol. The number of benzene rings is 3. The van der Waals surface area contributed by atoms with Gasteiger partial charge in [0.25, 0.3) is 11.8 Å². The van der Waals surface area contributed by atoms with E-state index in [4.69, 9.17) is 75.0 Å². The van der Waals surface area contributed by atoms with Gasteiger partial charge >= 0.3 is 0 Å². The van der Waals surface area contributed by atoms with E-state index in [1.165, 1.54) is 67.7 Å². The van der Waals surface area contributed by atoms with Crippen LogP contribution in [0.25, 0.3) is 33.4 Å². The average molecular weight is 686 g/mol. The molecule has 0 saturated heterocycles. The number of nitrogens with one attached hydrogen (secondary N) is 2. The summed E-state index contributed by atoms with van der Waals surface area (Å²) in [6.07, 6.45) is 0.759. The Morgan fingerprint density at radius 1 is 0.843 bits per heavy atom. The predicted molar refractivity (Wildman–Crippen MR) is 203 cm³/mol. The smallest absolute Gasteiger partial charge is 0.255 e. The highest BCUT2D eigenvalue weighted by atomic mass is 32.2. The molecule has 1 aromatic heterocycles. The Morgan fingerprint density at radius 3 is 1.94 bits per heavy atom. The van der Waals surface area contributed by atoms with Crippen molar-refractivity contribution in [3.8, 4) is 22.5 Å². The van der Waals surface area contributed by atoms with Crippen molar-refractivity contribution in [1.29, 1.82) is 0 Å². The number of hydrogen-bond donors (Lipinski definition) is 2. The standard InChI is InChI=1S/C31H24B9F2N3O5S/c1-43-27(47)24-21-14-20(17-5-3-6-18(13-17)26(46)44-28(29(32,33)34,30(35,36)37)31(38,39)40)22(45(12-4-11-41)51(2,48)49)15-23(21)50-25(24)16-7-9-19(42)10-8-16/h3,5-10,13-15H,4,11-12H2,1-2H3,(H,43,47)(H,44,46). The number of furan rings is 1. The van der Waals surface area contributed by atoms with Gasteiger partial charge in [-0.05, 0) is 60.0 Å². The molecule has 0 aliphatic rings. The van der Waals surface area contributed by atoms with Gasteiger partial charge in [0.15, 0.2) is 0 Å². The number of fused-ring (bicyclic) bond motifs is 1. The van der Waals surface area contributed by atoms with Crippen LogP contribution >= 0.6 is 0 Å². The largest absolute Gasteiger partial charge is 0.455 e. The predicted octanol–water partition coefficient (Wildman–Crippen LogP) is 1.60. The second-order valence-electron chi connectivity index (χ2n) is 12.2. The lowest BCUT2D eigenvalue weighted by Crippen LogP contribution is -2.71. The first-order valence-electron chi connectivity index (χ1n) is 15.1. The number of rotatable bonds is 13. The zero-order valence-electron chi connectivity index (χ0n) is 27.7. The molecule has 0 atom stereocenters. The van der Waals surface area contributed by atoms with Crippen LogP contribution in [0.3, 0.4) is 0 Å². The highest BCUT2D eigenvalue weighted by Crippen LogP contribution is 2.53. The second kappa shape index (κ2) is 14.4. The summed E-state index contributed by atoms with van der Waals surface area (Å²) < 4.78 is 60.6. The van der Waals surface area contributed by atoms with E-state index >= 15 is 0 Å². The highest BCUT2D eigenvalue weighted by Gasteiger charge is 2.54. The van der Waals surface area contributed by atoms with E-state index in [0.29, 0.717) is 5.56 Å². The molecule has 2 N–H and O–H groups in total. The maximum atomic E-state index is 13.8. The van der Waals surface area contributed by atoms with Gasteiger partial charge < -0.3 is 15.1 Å². The van der Waals surface area contributed by atoms with Gasteiger partial charge in [-0.25, -0.2) is 12.8 Å². The topological polar surface area (TPSA) is 109 Å². The van der Waals surface area contributed by atoms with E-state index in [0.717, 1.165) is 10.6 Å². The SMILES string of the molecule is [B]C([B])([B])C(NC(=O)c1cccc(-c2cc3c(C(=O)NC)c(-c4ccc(F)cc4)oc3cc2N(CCCF)S(C)(=O)=O)c1)(C([B])([B])[B])C([B])([B])[B]. The lowest BCUT2D eigenvalue weighted by atomic mass is 9.12. The van der Waals surface area contributed by atoms with E-state index in [-0.39, 0.29) is 57.6 Å². The number of sulfonamides is 1. The van der Waals surface area contributed by atoms with Crippen LogP contribution in [0, 0.1) is 5.82 Å². The number of carbonyl (C=O) groups excluding carboxylic acids is 2. The van der Waals surface area contributed by atoms with Gasteiger partial charge in [0.2, 0.25) is 10.0 Å². The minimum absolute atomic E-state index is 0.00731. The molecular weight excluding hydrogens is 662 g/mol. The van der Waals surface area contributed by atoms with E-state index in [9.17, 15) is 26.8 Å². The van der Waals surface area contributed by atoms with Gasteiger partial charge in [-0.2, -0.15) is 0 Å². The molecule has 8 nitrogen and oxygen atoms in total. The van der Waals surface area contributed by atoms with E-state index in [1.54, 1.807) is 0 Å². The van der Waals surface area contributed by atoms with E-state index < -0.39 is 55.2 Å². The maximum absolute atomic E-state index is 13.8. The number of nitrogens with zero attached hydrogens (tertiary/aromatic N) is 1. The zero-order chi connectivity index (χ0) is 38.3. The molecule has 0 spiro atoms. The van der Waals surface area contributed by atoms with Crippen LogP contribution in [0.4, 0.5) is 14.5 Å². The van der Waals surface area contributed by atoms with Gasteiger partial charge in [-0.1, -0.05) is 12.1 Å². The lowest BCUT2D eigenvalue weighted by Gasteiger charge is -2.65. The van der Waals surface area contributed by atoms with Crippen molar-refractivity contribution in [2.24, 2.45) is 0 Å². The van der Waals surface area contributed by atoms with Crippen molar-refractivity contribution in [2.45, 2.75) is 27.3 Å². The molecule has 0 saturated carbocycles. The summed E-state index contributed by atoms with van der Waals surface area (Å²) in [7, 11) is 50.7. The first-order chi connectivity index (χ1) is 23.5. The molecule has 4 aromatic rings. The zero-order valence-corrected chi connectivity index (χ0v) is 28.6. The Balaban J connectivity index is 2.03. The number of halogens is 2. The third-order valence-electron chi connectivity index (χ3n) is 8.22. The van der Waals surface area contributed by atoms with Crippen LogP contribution in [-0.4, -0.2) is 123 Å². The molecule has 0 fully saturated rings. The summed E-state index contributed by atoms with van der Waals surface area (Å²) in [6, 6.07) is 13.6. The first-order valence-corrected chi connectivity index (χ1v) is 17.0. The fourth-order valence-electron chi connectivity index (χ4n) is 5.91. The summed E-state index contributed by atoms with van der Waals surface area (Å²) in [4.78, 5) is 27.1. The summed E-state index contributed by atoms with van der Waals surface area (Å²) in [5.74, 6) is -2.07. The maximum Gasteiger partial charge on any atom is 0.255 e. The summed E-state index contributed by atoms with van der Waals surface area (Å²) in [5.41, 5.74) is -2.00. The number of alkyl halides is 1. The van der Waals surface area contributed by atoms with Gasteiger partial charge in [-0.15, -0.1) is 15.3 Å². The average Bonchev–Trinajstić information content (AvgIpc) is 3.39. The molecule has 0 aliphatic heterocycles. The van der Waals surface area contributed by atoms with Gasteiger partial charge in [0.05, 0.1) is 94.8 Å². The van der Waals surface area contributed by atoms with Crippen molar-refractivity contribution in [3.05, 3.63) is 77.6 Å². The lowest BCUT2D eigenvalue weighted by molar-refractivity contribution is 0.0895. The highest BCUT2D eigenvalue weighted by molar-refractivity contribution is 7.92. The molecule has 0 bridgehead atoms. The van der Waals surface area contributed by atoms with Gasteiger partial charge in [0.1, 0.15) is 17.2 Å². The van der Waals surface area contributed by atoms with Gasteiger partial charge in [-0.3, -0.25) is 18.3 Å². The van der Waals surface area contributed by atoms with E-state index in [2.05, 4.69) is 10.6 Å². The fraction of sp³-hybridized carbons (Fsp3) is 0.290. The molecule has 4 rings (SSSR count). The molecule has 2 amide bonds. The van der Waals surface area contributed by atoms with Crippen molar-refractivity contribution in [2.75, 3.05) is 30.8 Å². The Bertz CT molecular complexity index is 2030. The van der Waals surface area contributed by atoms with Crippen LogP contribution in [-0.2, 0) is 10.0 Å². The number of hydrogen-bond acceptors (Lipinski definition) is 5. The van der Waals surface area contributed by atoms with Crippen LogP contribution in [0.1, 0.15) is 27.1 Å². The Morgan fingerprint density at radius 2 is 1.43 bits per heavy atom. The second-order valence-corrected chi connectivity index (χ2v) is 14.1. The quantitative estimate of drug-likeness (QED) is 0.208. The number of amides is 2. The van der Waals surface area contributed by atoms with Crippen molar-refractivity contribution in [3.63, 3.8) is 0 Å². The summed E-state index contributed by atoms with van der Waals surface area (Å²) in [5, 5.41) is -2.75. The summed E-state index contributed by atoms with van der Waals surface area (Å²) in [6.45, 7) is -1.12. The Hall–Kier alpha value is -3.67. The molecule has 51 heavy (non-hydrogen) atoms. The number of anilines is 1. The molecule has 240 valence electrons. The minimum Gasteiger partial charge on any atom is -0.455 e. The van der Waals surface area contributed by atoms with Crippen LogP contribution < -0.4 is 14.9 Å². The molecular formula is C31H24B9F2N3O5S. The summed E-state index contributed by atoms with van der Waals surface area (Å²) >= 11 is 0. The van der Waals surface area contributed by atoms with Crippen LogP contribution in [0.2, 0.25) is 15.3 Å². The molecule has 0 aliphatic carbocycles.